The number of carbonyl (C=O) groups excluding carboxylic acids is 2. The van der Waals surface area contributed by atoms with Gasteiger partial charge in [0.1, 0.15) is 17.6 Å². The van der Waals surface area contributed by atoms with Gasteiger partial charge in [-0.25, -0.2) is 5.43 Å². The van der Waals surface area contributed by atoms with Crippen LogP contribution >= 0.6 is 0 Å². The highest BCUT2D eigenvalue weighted by Crippen LogP contribution is 2.67. The number of allylic oxidation sites excluding steroid dienone is 1. The molecular weight excluding hydrogens is 933 g/mol. The van der Waals surface area contributed by atoms with Crippen molar-refractivity contribution < 1.29 is 33.6 Å². The van der Waals surface area contributed by atoms with Crippen LogP contribution in [0.2, 0.25) is 0 Å². The highest BCUT2D eigenvalue weighted by atomic mass is 16.5. The fourth-order valence-corrected chi connectivity index (χ4v) is 14.2. The molecular formula is C66H104N2O7. The van der Waals surface area contributed by atoms with E-state index in [2.05, 4.69) is 65.1 Å². The van der Waals surface area contributed by atoms with Gasteiger partial charge >= 0.3 is 5.97 Å². The molecule has 0 aliphatic heterocycles. The lowest BCUT2D eigenvalue weighted by Crippen LogP contribution is -2.51. The smallest absolute Gasteiger partial charge is 0.306 e. The number of esters is 1. The molecule has 3 fully saturated rings. The summed E-state index contributed by atoms with van der Waals surface area (Å²) in [6, 6.07) is 10.3. The first-order valence-corrected chi connectivity index (χ1v) is 30.9. The van der Waals surface area contributed by atoms with E-state index in [4.69, 9.17) is 18.9 Å². The van der Waals surface area contributed by atoms with E-state index < -0.39 is 0 Å². The van der Waals surface area contributed by atoms with Gasteiger partial charge in [0.15, 0.2) is 11.5 Å². The van der Waals surface area contributed by atoms with Crippen molar-refractivity contribution in [3.8, 4) is 23.0 Å². The van der Waals surface area contributed by atoms with Crippen LogP contribution in [0.15, 0.2) is 53.1 Å². The Morgan fingerprint density at radius 1 is 0.707 bits per heavy atom. The van der Waals surface area contributed by atoms with Gasteiger partial charge in [0.2, 0.25) is 0 Å². The van der Waals surface area contributed by atoms with Crippen molar-refractivity contribution in [2.24, 2.45) is 51.4 Å². The Morgan fingerprint density at radius 2 is 1.36 bits per heavy atom. The van der Waals surface area contributed by atoms with E-state index in [9.17, 15) is 14.7 Å². The zero-order valence-electron chi connectivity index (χ0n) is 48.3. The second kappa shape index (κ2) is 31.4. The van der Waals surface area contributed by atoms with Crippen molar-refractivity contribution in [2.75, 3.05) is 19.8 Å². The van der Waals surface area contributed by atoms with Gasteiger partial charge in [-0.2, -0.15) is 5.10 Å². The van der Waals surface area contributed by atoms with Gasteiger partial charge in [-0.15, -0.1) is 0 Å². The molecule has 6 rings (SSSR count). The normalized spacial score (nSPS) is 24.5. The van der Waals surface area contributed by atoms with Crippen molar-refractivity contribution in [3.05, 3.63) is 59.2 Å². The van der Waals surface area contributed by atoms with Crippen LogP contribution in [0.1, 0.15) is 257 Å². The van der Waals surface area contributed by atoms with E-state index in [1.54, 1.807) is 35.9 Å². The van der Waals surface area contributed by atoms with Crippen LogP contribution in [0.5, 0.6) is 23.0 Å². The van der Waals surface area contributed by atoms with Crippen molar-refractivity contribution in [2.45, 2.75) is 247 Å². The number of aromatic hydroxyl groups is 1. The number of fused-ring (bicyclic) bond motifs is 5. The number of phenols is 1. The van der Waals surface area contributed by atoms with Crippen LogP contribution in [0.3, 0.4) is 0 Å². The van der Waals surface area contributed by atoms with Gasteiger partial charge < -0.3 is 24.1 Å². The Bertz CT molecular complexity index is 2080. The van der Waals surface area contributed by atoms with Crippen molar-refractivity contribution in [3.63, 3.8) is 0 Å². The van der Waals surface area contributed by atoms with Gasteiger partial charge in [0, 0.05) is 30.0 Å². The standard InChI is InChI=1S/C66H104N2O7/c1-8-10-12-14-16-18-20-23-43-73-61-37-31-51(45-62(61)74-44-24-21-19-17-15-13-11-9-2)64(71)68-67-48-52-30-33-54(47-60(52)69)72-42-25-22-29-63(70)75-55-38-40-65(6)53(46-55)32-34-56-58-36-35-57(50(5)28-26-27-49(3)4)66(58,7)41-39-59(56)65/h30-33,37,45,47-50,55-59,69H,8-29,34-36,38-44,46H2,1-7H3,(H,68,71)/b67-48+/t50-,55+,56+,57-,58+,59+,65+,66-/m1/s1. The second-order valence-electron chi connectivity index (χ2n) is 24.7. The summed E-state index contributed by atoms with van der Waals surface area (Å²) in [4.78, 5) is 26.4. The van der Waals surface area contributed by atoms with Crippen molar-refractivity contribution >= 4 is 18.1 Å². The first kappa shape index (κ1) is 60.2. The van der Waals surface area contributed by atoms with Crippen LogP contribution in [0.4, 0.5) is 0 Å². The summed E-state index contributed by atoms with van der Waals surface area (Å²) in [6.45, 7) is 18.6. The Kier molecular flexibility index (Phi) is 25.2. The fourth-order valence-electron chi connectivity index (χ4n) is 14.2. The predicted molar refractivity (Wildman–Crippen MR) is 308 cm³/mol. The highest BCUT2D eigenvalue weighted by Gasteiger charge is 2.59. The quantitative estimate of drug-likeness (QED) is 0.0232. The van der Waals surface area contributed by atoms with E-state index in [0.29, 0.717) is 72.9 Å². The number of nitrogens with one attached hydrogen (secondary N) is 1. The lowest BCUT2D eigenvalue weighted by molar-refractivity contribution is -0.151. The average Bonchev–Trinajstić information content (AvgIpc) is 3.76. The molecule has 0 aromatic heterocycles. The summed E-state index contributed by atoms with van der Waals surface area (Å²) in [7, 11) is 0. The molecule has 4 aliphatic rings. The summed E-state index contributed by atoms with van der Waals surface area (Å²) in [5.74, 6) is 6.17. The molecule has 9 nitrogen and oxygen atoms in total. The van der Waals surface area contributed by atoms with E-state index >= 15 is 0 Å². The van der Waals surface area contributed by atoms with Crippen LogP contribution in [-0.4, -0.2) is 49.1 Å². The molecule has 2 aromatic carbocycles. The maximum Gasteiger partial charge on any atom is 0.306 e. The Labute approximate surface area is 455 Å². The van der Waals surface area contributed by atoms with E-state index in [1.807, 2.05) is 6.07 Å². The number of nitrogens with zero attached hydrogens (tertiary/aromatic N) is 1. The molecule has 2 N–H and O–H groups in total. The number of unbranched alkanes of at least 4 members (excludes halogenated alkanes) is 15. The summed E-state index contributed by atoms with van der Waals surface area (Å²) in [5.41, 5.74) is 5.75. The molecule has 2 aromatic rings. The van der Waals surface area contributed by atoms with E-state index in [-0.39, 0.29) is 29.1 Å². The van der Waals surface area contributed by atoms with E-state index in [0.717, 1.165) is 80.5 Å². The summed E-state index contributed by atoms with van der Waals surface area (Å²) < 4.78 is 24.5. The molecule has 0 unspecified atom stereocenters. The molecule has 0 spiro atoms. The van der Waals surface area contributed by atoms with Gasteiger partial charge in [-0.05, 0) is 147 Å². The molecule has 9 heteroatoms. The van der Waals surface area contributed by atoms with Crippen molar-refractivity contribution in [1.29, 1.82) is 0 Å². The molecule has 75 heavy (non-hydrogen) atoms. The third kappa shape index (κ3) is 18.0. The fraction of sp³-hybridized carbons (Fsp3) is 0.742. The van der Waals surface area contributed by atoms with Crippen LogP contribution in [0.25, 0.3) is 0 Å². The number of hydrogen-bond donors (Lipinski definition) is 2. The first-order chi connectivity index (χ1) is 36.4. The van der Waals surface area contributed by atoms with Crippen LogP contribution in [0, 0.1) is 46.3 Å². The lowest BCUT2D eigenvalue weighted by atomic mass is 9.47. The monoisotopic (exact) mass is 1040 g/mol. The van der Waals surface area contributed by atoms with Gasteiger partial charge in [-0.3, -0.25) is 9.59 Å². The third-order valence-electron chi connectivity index (χ3n) is 18.7. The number of rotatable bonds is 35. The Balaban J connectivity index is 0.890. The highest BCUT2D eigenvalue weighted by molar-refractivity contribution is 5.95. The maximum atomic E-state index is 13.3. The number of amides is 1. The zero-order chi connectivity index (χ0) is 53.5. The minimum atomic E-state index is -0.385. The number of hydrazone groups is 1. The van der Waals surface area contributed by atoms with Crippen LogP contribution in [-0.2, 0) is 9.53 Å². The SMILES string of the molecule is CCCCCCCCCCOc1ccc(C(=O)N/N=C/c2ccc(OCCCCC(=O)O[C@H]3CC[C@@]4(C)C(=CC[C@H]5[C@@H]6CC[C@H]([C@H](C)CCCC(C)C)[C@@]6(C)CC[C@@H]54)C3)cc2O)cc1OCCCCCCCCCC. The third-order valence-corrected chi connectivity index (χ3v) is 18.7. The number of carbonyl (C=O) groups is 2. The lowest BCUT2D eigenvalue weighted by Gasteiger charge is -2.58. The summed E-state index contributed by atoms with van der Waals surface area (Å²) in [5, 5.41) is 14.9. The summed E-state index contributed by atoms with van der Waals surface area (Å²) >= 11 is 0. The molecule has 0 saturated heterocycles. The van der Waals surface area contributed by atoms with Gasteiger partial charge in [-0.1, -0.05) is 169 Å². The number of benzene rings is 2. The maximum absolute atomic E-state index is 13.3. The molecule has 3 saturated carbocycles. The summed E-state index contributed by atoms with van der Waals surface area (Å²) in [6.07, 6.45) is 39.2. The Hall–Kier alpha value is -4.01. The Morgan fingerprint density at radius 3 is 2.04 bits per heavy atom. The van der Waals surface area contributed by atoms with Crippen molar-refractivity contribution in [1.82, 2.24) is 5.43 Å². The van der Waals surface area contributed by atoms with Crippen LogP contribution < -0.4 is 19.6 Å². The molecule has 0 bridgehead atoms. The molecule has 420 valence electrons. The van der Waals surface area contributed by atoms with Gasteiger partial charge in [0.25, 0.3) is 5.91 Å². The zero-order valence-corrected chi connectivity index (χ0v) is 48.3. The molecule has 8 atom stereocenters. The van der Waals surface area contributed by atoms with Gasteiger partial charge in [0.05, 0.1) is 26.0 Å². The number of phenolic OH excluding ortho intramolecular Hbond substituents is 1. The average molecular weight is 1040 g/mol. The largest absolute Gasteiger partial charge is 0.507 e. The molecule has 0 radical (unpaired) electrons. The topological polar surface area (TPSA) is 116 Å². The number of hydrogen-bond acceptors (Lipinski definition) is 8. The first-order valence-electron chi connectivity index (χ1n) is 30.9. The number of ether oxygens (including phenoxy) is 4. The molecule has 4 aliphatic carbocycles. The van der Waals surface area contributed by atoms with E-state index in [1.165, 1.54) is 135 Å². The predicted octanol–water partition coefficient (Wildman–Crippen LogP) is 17.7. The molecule has 1 amide bonds. The minimum absolute atomic E-state index is 0.0115. The molecule has 0 heterocycles. The second-order valence-corrected chi connectivity index (χ2v) is 24.7. The minimum Gasteiger partial charge on any atom is -0.507 e.